The fourth-order valence-electron chi connectivity index (χ4n) is 2.99. The fourth-order valence-corrected chi connectivity index (χ4v) is 4.58. The highest BCUT2D eigenvalue weighted by Gasteiger charge is 2.35. The average Bonchev–Trinajstić information content (AvgIpc) is 2.29. The third kappa shape index (κ3) is 4.77. The maximum absolute atomic E-state index is 3.81. The minimum absolute atomic E-state index is 0.731. The highest BCUT2D eigenvalue weighted by Crippen LogP contribution is 2.39. The average molecular weight is 272 g/mol. The summed E-state index contributed by atoms with van der Waals surface area (Å²) in [4.78, 5) is 0. The third-order valence-electron chi connectivity index (χ3n) is 4.36. The van der Waals surface area contributed by atoms with E-state index in [1.54, 1.807) is 0 Å². The summed E-state index contributed by atoms with van der Waals surface area (Å²) in [7, 11) is 0. The van der Waals surface area contributed by atoms with E-state index in [1.807, 2.05) is 0 Å². The Balaban J connectivity index is 2.62. The first-order valence-electron chi connectivity index (χ1n) is 7.84. The quantitative estimate of drug-likeness (QED) is 0.759. The first-order chi connectivity index (χ1) is 8.45. The molecule has 5 atom stereocenters. The number of hydrogen-bond donors (Lipinski definition) is 1. The zero-order valence-corrected chi connectivity index (χ0v) is 14.0. The predicted octanol–water partition coefficient (Wildman–Crippen LogP) is 4.57. The van der Waals surface area contributed by atoms with Crippen molar-refractivity contribution < 1.29 is 0 Å². The minimum atomic E-state index is 0.731. The van der Waals surface area contributed by atoms with Gasteiger partial charge in [0.25, 0.3) is 0 Å². The molecule has 1 aliphatic rings. The van der Waals surface area contributed by atoms with Crippen LogP contribution in [-0.4, -0.2) is 23.1 Å². The van der Waals surface area contributed by atoms with Gasteiger partial charge in [-0.3, -0.25) is 0 Å². The zero-order chi connectivity index (χ0) is 13.7. The third-order valence-corrected chi connectivity index (χ3v) is 6.44. The summed E-state index contributed by atoms with van der Waals surface area (Å²) in [6.07, 6.45) is 4.02. The molecule has 1 aliphatic carbocycles. The molecule has 5 unspecified atom stereocenters. The van der Waals surface area contributed by atoms with E-state index in [9.17, 15) is 0 Å². The van der Waals surface area contributed by atoms with E-state index in [0.29, 0.717) is 0 Å². The maximum atomic E-state index is 3.81. The molecule has 0 aliphatic heterocycles. The smallest absolute Gasteiger partial charge is 0.0229 e. The molecule has 1 fully saturated rings. The lowest BCUT2D eigenvalue weighted by molar-refractivity contribution is 0.248. The fraction of sp³-hybridized carbons (Fsp3) is 1.00. The van der Waals surface area contributed by atoms with Crippen molar-refractivity contribution in [1.82, 2.24) is 5.32 Å². The van der Waals surface area contributed by atoms with Gasteiger partial charge in [0.2, 0.25) is 0 Å². The molecule has 0 amide bonds. The van der Waals surface area contributed by atoms with Crippen molar-refractivity contribution in [3.8, 4) is 0 Å². The number of nitrogens with one attached hydrogen (secondary N) is 1. The Bertz CT molecular complexity index is 229. The van der Waals surface area contributed by atoms with E-state index in [2.05, 4.69) is 58.6 Å². The second-order valence-electron chi connectivity index (χ2n) is 6.66. The van der Waals surface area contributed by atoms with Crippen LogP contribution in [0.25, 0.3) is 0 Å². The van der Waals surface area contributed by atoms with Crippen molar-refractivity contribution in [2.45, 2.75) is 77.3 Å². The van der Waals surface area contributed by atoms with Crippen LogP contribution in [0.1, 0.15) is 60.8 Å². The Kier molecular flexibility index (Phi) is 7.08. The van der Waals surface area contributed by atoms with E-state index in [-0.39, 0.29) is 0 Å². The highest BCUT2D eigenvalue weighted by atomic mass is 32.2. The Hall–Kier alpha value is 0.310. The van der Waals surface area contributed by atoms with Gasteiger partial charge in [0.1, 0.15) is 0 Å². The summed E-state index contributed by atoms with van der Waals surface area (Å²) in [6.45, 7) is 15.4. The van der Waals surface area contributed by atoms with Gasteiger partial charge in [-0.05, 0) is 43.6 Å². The van der Waals surface area contributed by atoms with E-state index in [1.165, 1.54) is 25.8 Å². The first-order valence-corrected chi connectivity index (χ1v) is 8.78. The van der Waals surface area contributed by atoms with Crippen LogP contribution in [0.3, 0.4) is 0 Å². The summed E-state index contributed by atoms with van der Waals surface area (Å²) in [5, 5.41) is 5.39. The lowest BCUT2D eigenvalue weighted by Gasteiger charge is -2.41. The highest BCUT2D eigenvalue weighted by molar-refractivity contribution is 8.00. The van der Waals surface area contributed by atoms with Crippen LogP contribution in [0, 0.1) is 17.8 Å². The van der Waals surface area contributed by atoms with Gasteiger partial charge in [-0.2, -0.15) is 11.8 Å². The first kappa shape index (κ1) is 16.4. The zero-order valence-electron chi connectivity index (χ0n) is 13.2. The van der Waals surface area contributed by atoms with Crippen molar-refractivity contribution in [2.75, 3.05) is 6.54 Å². The second kappa shape index (κ2) is 7.79. The van der Waals surface area contributed by atoms with Crippen LogP contribution in [0.4, 0.5) is 0 Å². The predicted molar refractivity (Wildman–Crippen MR) is 85.3 cm³/mol. The number of rotatable bonds is 6. The van der Waals surface area contributed by atoms with Crippen molar-refractivity contribution in [2.24, 2.45) is 17.8 Å². The van der Waals surface area contributed by atoms with E-state index < -0.39 is 0 Å². The van der Waals surface area contributed by atoms with E-state index >= 15 is 0 Å². The summed E-state index contributed by atoms with van der Waals surface area (Å²) < 4.78 is 0. The molecule has 0 spiro atoms. The molecular weight excluding hydrogens is 238 g/mol. The Labute approximate surface area is 119 Å². The van der Waals surface area contributed by atoms with Crippen molar-refractivity contribution in [3.05, 3.63) is 0 Å². The molecule has 0 aromatic carbocycles. The Morgan fingerprint density at radius 1 is 1.17 bits per heavy atom. The van der Waals surface area contributed by atoms with Gasteiger partial charge in [0.05, 0.1) is 0 Å². The van der Waals surface area contributed by atoms with Crippen molar-refractivity contribution >= 4 is 11.8 Å². The molecule has 0 heterocycles. The van der Waals surface area contributed by atoms with Crippen LogP contribution >= 0.6 is 11.8 Å². The van der Waals surface area contributed by atoms with Gasteiger partial charge in [-0.25, -0.2) is 0 Å². The molecule has 0 bridgehead atoms. The van der Waals surface area contributed by atoms with Crippen LogP contribution in [0.2, 0.25) is 0 Å². The molecular formula is C16H33NS. The largest absolute Gasteiger partial charge is 0.313 e. The number of hydrogen-bond acceptors (Lipinski definition) is 2. The lowest BCUT2D eigenvalue weighted by Crippen LogP contribution is -2.47. The summed E-state index contributed by atoms with van der Waals surface area (Å²) in [6, 6.07) is 0.731. The van der Waals surface area contributed by atoms with Gasteiger partial charge < -0.3 is 5.32 Å². The van der Waals surface area contributed by atoms with Crippen LogP contribution in [0.15, 0.2) is 0 Å². The van der Waals surface area contributed by atoms with Crippen LogP contribution in [0.5, 0.6) is 0 Å². The van der Waals surface area contributed by atoms with E-state index in [0.717, 1.165) is 34.3 Å². The van der Waals surface area contributed by atoms with Gasteiger partial charge in [-0.15, -0.1) is 0 Å². The molecule has 1 N–H and O–H groups in total. The minimum Gasteiger partial charge on any atom is -0.313 e. The van der Waals surface area contributed by atoms with Crippen molar-refractivity contribution in [3.63, 3.8) is 0 Å². The molecule has 0 aromatic rings. The Morgan fingerprint density at radius 3 is 2.39 bits per heavy atom. The standard InChI is InChI=1S/C16H33NS/c1-7-8-17-15-10-12(4)9-13(5)16(15)18-14(6)11(2)3/h11-17H,7-10H2,1-6H3. The molecule has 2 heteroatoms. The molecule has 0 radical (unpaired) electrons. The summed E-state index contributed by atoms with van der Waals surface area (Å²) in [5.74, 6) is 2.53. The normalized spacial score (nSPS) is 34.8. The SMILES string of the molecule is CCCNC1CC(C)CC(C)C1SC(C)C(C)C. The van der Waals surface area contributed by atoms with Crippen LogP contribution < -0.4 is 5.32 Å². The lowest BCUT2D eigenvalue weighted by atomic mass is 9.80. The Morgan fingerprint density at radius 2 is 1.83 bits per heavy atom. The second-order valence-corrected chi connectivity index (χ2v) is 8.22. The van der Waals surface area contributed by atoms with Gasteiger partial charge in [0, 0.05) is 16.5 Å². The summed E-state index contributed by atoms with van der Waals surface area (Å²) in [5.41, 5.74) is 0. The maximum Gasteiger partial charge on any atom is 0.0229 e. The molecule has 1 saturated carbocycles. The number of thioether (sulfide) groups is 1. The van der Waals surface area contributed by atoms with Crippen LogP contribution in [-0.2, 0) is 0 Å². The topological polar surface area (TPSA) is 12.0 Å². The van der Waals surface area contributed by atoms with E-state index in [4.69, 9.17) is 0 Å². The van der Waals surface area contributed by atoms with Gasteiger partial charge in [0.15, 0.2) is 0 Å². The molecule has 1 rings (SSSR count). The molecule has 108 valence electrons. The molecule has 0 saturated heterocycles. The molecule has 0 aromatic heterocycles. The van der Waals surface area contributed by atoms with Gasteiger partial charge in [-0.1, -0.05) is 41.5 Å². The monoisotopic (exact) mass is 271 g/mol. The van der Waals surface area contributed by atoms with Crippen molar-refractivity contribution in [1.29, 1.82) is 0 Å². The van der Waals surface area contributed by atoms with Gasteiger partial charge >= 0.3 is 0 Å². The summed E-state index contributed by atoms with van der Waals surface area (Å²) >= 11 is 2.23. The molecule has 1 nitrogen and oxygen atoms in total. The molecule has 18 heavy (non-hydrogen) atoms.